The van der Waals surface area contributed by atoms with E-state index in [1.54, 1.807) is 0 Å². The average molecular weight is 239 g/mol. The first-order valence-electron chi connectivity index (χ1n) is 6.10. The summed E-state index contributed by atoms with van der Waals surface area (Å²) in [4.78, 5) is 14.9. The first-order valence-corrected chi connectivity index (χ1v) is 6.10. The smallest absolute Gasteiger partial charge is 0.226 e. The highest BCUT2D eigenvalue weighted by atomic mass is 16.2. The number of rotatable bonds is 1. The second-order valence-corrected chi connectivity index (χ2v) is 4.99. The summed E-state index contributed by atoms with van der Waals surface area (Å²) in [6, 6.07) is 8.16. The largest absolute Gasteiger partial charge is 0.292 e. The highest BCUT2D eigenvalue weighted by Gasteiger charge is 2.50. The van der Waals surface area contributed by atoms with Crippen LogP contribution in [0.3, 0.4) is 0 Å². The van der Waals surface area contributed by atoms with Crippen LogP contribution in [0, 0.1) is 5.41 Å². The van der Waals surface area contributed by atoms with E-state index in [0.717, 1.165) is 6.42 Å². The fourth-order valence-corrected chi connectivity index (χ4v) is 3.34. The van der Waals surface area contributed by atoms with Crippen molar-refractivity contribution in [2.24, 2.45) is 10.5 Å². The van der Waals surface area contributed by atoms with E-state index in [0.29, 0.717) is 12.8 Å². The van der Waals surface area contributed by atoms with Gasteiger partial charge >= 0.3 is 0 Å². The first-order chi connectivity index (χ1) is 8.78. The summed E-state index contributed by atoms with van der Waals surface area (Å²) in [5, 5.41) is 3.37. The number of allylic oxidation sites excluding steroid dienone is 2. The molecule has 2 aliphatic carbocycles. The van der Waals surface area contributed by atoms with Crippen LogP contribution < -0.4 is 0 Å². The molecular weight excluding hydrogens is 226 g/mol. The molecule has 2 aliphatic rings. The molecule has 90 valence electrons. The Morgan fingerprint density at radius 2 is 2.22 bits per heavy atom. The first kappa shape index (κ1) is 11.1. The molecule has 0 aromatic heterocycles. The van der Waals surface area contributed by atoms with E-state index in [2.05, 4.69) is 28.2 Å². The van der Waals surface area contributed by atoms with Crippen LogP contribution >= 0.6 is 0 Å². The molecule has 2 atom stereocenters. The lowest BCUT2D eigenvalue weighted by atomic mass is 9.69. The number of carbonyl (C=O) groups excluding carboxylic acids is 1. The van der Waals surface area contributed by atoms with E-state index in [9.17, 15) is 4.79 Å². The van der Waals surface area contributed by atoms with Gasteiger partial charge in [-0.15, -0.1) is 0 Å². The summed E-state index contributed by atoms with van der Waals surface area (Å²) in [5.41, 5.74) is 10.4. The Morgan fingerprint density at radius 1 is 1.39 bits per heavy atom. The zero-order valence-electron chi connectivity index (χ0n) is 9.91. The second kappa shape index (κ2) is 4.00. The molecule has 18 heavy (non-hydrogen) atoms. The minimum atomic E-state index is -0.537. The number of hydrogen-bond donors (Lipinski definition) is 0. The summed E-state index contributed by atoms with van der Waals surface area (Å²) < 4.78 is 0. The van der Waals surface area contributed by atoms with E-state index in [1.807, 2.05) is 18.2 Å². The zero-order valence-corrected chi connectivity index (χ0v) is 9.91. The number of nitrogens with zero attached hydrogens (tertiary/aromatic N) is 3. The van der Waals surface area contributed by atoms with Crippen LogP contribution in [0.1, 0.15) is 29.9 Å². The Hall–Kier alpha value is -2.06. The molecule has 1 aromatic carbocycles. The van der Waals surface area contributed by atoms with Gasteiger partial charge in [0, 0.05) is 10.8 Å². The predicted octanol–water partition coefficient (Wildman–Crippen LogP) is 3.50. The molecule has 3 rings (SSSR count). The third-order valence-corrected chi connectivity index (χ3v) is 4.19. The number of hydrogen-bond acceptors (Lipinski definition) is 1. The summed E-state index contributed by atoms with van der Waals surface area (Å²) in [6.45, 7) is 0. The second-order valence-electron chi connectivity index (χ2n) is 4.99. The molecule has 0 saturated heterocycles. The van der Waals surface area contributed by atoms with E-state index in [1.165, 1.54) is 11.1 Å². The van der Waals surface area contributed by atoms with Crippen molar-refractivity contribution < 1.29 is 4.79 Å². The lowest BCUT2D eigenvalue weighted by molar-refractivity contribution is -0.128. The fraction of sp³-hybridized carbons (Fsp3) is 0.357. The van der Waals surface area contributed by atoms with Crippen LogP contribution in [-0.4, -0.2) is 5.91 Å². The van der Waals surface area contributed by atoms with Crippen LogP contribution in [0.5, 0.6) is 0 Å². The Labute approximate surface area is 105 Å². The van der Waals surface area contributed by atoms with E-state index in [-0.39, 0.29) is 11.8 Å². The summed E-state index contributed by atoms with van der Waals surface area (Å²) in [5.74, 6) is -0.146. The fourth-order valence-electron chi connectivity index (χ4n) is 3.34. The Bertz CT molecular complexity index is 586. The van der Waals surface area contributed by atoms with Crippen LogP contribution in [0.4, 0.5) is 0 Å². The quantitative estimate of drug-likeness (QED) is 0.320. The summed E-state index contributed by atoms with van der Waals surface area (Å²) >= 11 is 0. The van der Waals surface area contributed by atoms with E-state index < -0.39 is 5.41 Å². The molecule has 4 nitrogen and oxygen atoms in total. The number of azide groups is 1. The maximum atomic E-state index is 12.2. The molecule has 0 N–H and O–H groups in total. The highest BCUT2D eigenvalue weighted by Crippen LogP contribution is 2.54. The Morgan fingerprint density at radius 3 is 3.06 bits per heavy atom. The lowest BCUT2D eigenvalue weighted by Crippen LogP contribution is -2.35. The van der Waals surface area contributed by atoms with Crippen molar-refractivity contribution in [1.82, 2.24) is 0 Å². The standard InChI is InChI=1S/C14H13N3O/c15-17-16-13(18)14-8-4-3-7-12(14)11-6-2-1-5-10(11)9-14/h1-6,12H,7-9H2/t12-,14-/m1/s1. The molecule has 4 heteroatoms. The summed E-state index contributed by atoms with van der Waals surface area (Å²) in [7, 11) is 0. The number of carbonyl (C=O) groups is 1. The molecule has 1 amide bonds. The van der Waals surface area contributed by atoms with Gasteiger partial charge in [-0.3, -0.25) is 4.79 Å². The van der Waals surface area contributed by atoms with Gasteiger partial charge in [0.2, 0.25) is 5.91 Å². The predicted molar refractivity (Wildman–Crippen MR) is 67.8 cm³/mol. The van der Waals surface area contributed by atoms with E-state index >= 15 is 0 Å². The van der Waals surface area contributed by atoms with E-state index in [4.69, 9.17) is 5.53 Å². The average Bonchev–Trinajstić information content (AvgIpc) is 2.74. The molecule has 0 unspecified atom stereocenters. The van der Waals surface area contributed by atoms with Crippen LogP contribution in [0.2, 0.25) is 0 Å². The SMILES string of the molecule is [N-]=[N+]=NC(=O)[C@@]12CC=CC[C@@H]1c1ccccc1C2. The van der Waals surface area contributed by atoms with Gasteiger partial charge in [-0.05, 0) is 41.0 Å². The van der Waals surface area contributed by atoms with Crippen LogP contribution in [0.15, 0.2) is 41.5 Å². The molecule has 0 bridgehead atoms. The minimum absolute atomic E-state index is 0.164. The lowest BCUT2D eigenvalue weighted by Gasteiger charge is -2.34. The van der Waals surface area contributed by atoms with Crippen LogP contribution in [0.25, 0.3) is 10.4 Å². The van der Waals surface area contributed by atoms with Gasteiger partial charge in [-0.1, -0.05) is 36.4 Å². The van der Waals surface area contributed by atoms with Crippen molar-refractivity contribution in [3.05, 3.63) is 58.0 Å². The van der Waals surface area contributed by atoms with Gasteiger partial charge in [0.05, 0.1) is 5.41 Å². The van der Waals surface area contributed by atoms with Crippen LogP contribution in [-0.2, 0) is 11.2 Å². The van der Waals surface area contributed by atoms with Crippen molar-refractivity contribution in [2.45, 2.75) is 25.2 Å². The minimum Gasteiger partial charge on any atom is -0.292 e. The number of amides is 1. The molecule has 1 aromatic rings. The van der Waals surface area contributed by atoms with Gasteiger partial charge in [-0.2, -0.15) is 0 Å². The van der Waals surface area contributed by atoms with Gasteiger partial charge in [0.15, 0.2) is 0 Å². The zero-order chi connectivity index (χ0) is 12.6. The van der Waals surface area contributed by atoms with Gasteiger partial charge in [0.1, 0.15) is 0 Å². The van der Waals surface area contributed by atoms with Crippen molar-refractivity contribution in [2.75, 3.05) is 0 Å². The highest BCUT2D eigenvalue weighted by molar-refractivity contribution is 5.86. The molecule has 0 aliphatic heterocycles. The van der Waals surface area contributed by atoms with Gasteiger partial charge < -0.3 is 0 Å². The number of fused-ring (bicyclic) bond motifs is 3. The molecular formula is C14H13N3O. The Kier molecular flexibility index (Phi) is 2.46. The monoisotopic (exact) mass is 239 g/mol. The Balaban J connectivity index is 2.12. The summed E-state index contributed by atoms with van der Waals surface area (Å²) in [6.07, 6.45) is 6.37. The van der Waals surface area contributed by atoms with Crippen molar-refractivity contribution in [3.63, 3.8) is 0 Å². The molecule has 0 heterocycles. The molecule has 0 saturated carbocycles. The van der Waals surface area contributed by atoms with Crippen molar-refractivity contribution >= 4 is 5.91 Å². The van der Waals surface area contributed by atoms with Gasteiger partial charge in [0.25, 0.3) is 0 Å². The molecule has 0 spiro atoms. The molecule has 0 fully saturated rings. The third-order valence-electron chi connectivity index (χ3n) is 4.19. The number of benzene rings is 1. The molecule has 0 radical (unpaired) electrons. The van der Waals surface area contributed by atoms with Crippen molar-refractivity contribution in [3.8, 4) is 0 Å². The normalized spacial score (nSPS) is 28.1. The maximum Gasteiger partial charge on any atom is 0.226 e. The van der Waals surface area contributed by atoms with Gasteiger partial charge in [-0.25, -0.2) is 0 Å². The third kappa shape index (κ3) is 1.39. The maximum absolute atomic E-state index is 12.2. The topological polar surface area (TPSA) is 65.8 Å². The van der Waals surface area contributed by atoms with Crippen molar-refractivity contribution in [1.29, 1.82) is 0 Å².